The normalized spacial score (nSPS) is 22.2. The summed E-state index contributed by atoms with van der Waals surface area (Å²) in [6.07, 6.45) is 2.71. The van der Waals surface area contributed by atoms with Crippen LogP contribution in [0.2, 0.25) is 0 Å². The molecule has 1 aromatic heterocycles. The van der Waals surface area contributed by atoms with Gasteiger partial charge in [0.05, 0.1) is 11.9 Å². The Kier molecular flexibility index (Phi) is 1.80. The second-order valence-corrected chi connectivity index (χ2v) is 4.21. The number of likely N-dealkylation sites (N-methyl/N-ethyl adjacent to an activating group) is 1. The van der Waals surface area contributed by atoms with Crippen LogP contribution < -0.4 is 9.80 Å². The Balaban J connectivity index is 2.12. The highest BCUT2D eigenvalue weighted by atomic mass is 16.4. The molecule has 1 aromatic rings. The van der Waals surface area contributed by atoms with Crippen LogP contribution in [-0.2, 0) is 0 Å². The molecule has 0 radical (unpaired) electrons. The van der Waals surface area contributed by atoms with Crippen LogP contribution in [0.3, 0.4) is 0 Å². The number of nitrogens with zero attached hydrogens (tertiary/aromatic N) is 4. The SMILES string of the molecule is CN1c2nc(C(=O)O)ncc2N2CCC1C2. The predicted octanol–water partition coefficient (Wildman–Crippen LogP) is 0.203. The largest absolute Gasteiger partial charge is 0.475 e. The van der Waals surface area contributed by atoms with Gasteiger partial charge >= 0.3 is 5.97 Å². The highest BCUT2D eigenvalue weighted by molar-refractivity contribution is 5.85. The molecule has 84 valence electrons. The Hall–Kier alpha value is -1.85. The summed E-state index contributed by atoms with van der Waals surface area (Å²) in [5, 5.41) is 8.86. The number of carbonyl (C=O) groups is 1. The number of fused-ring (bicyclic) bond motifs is 4. The van der Waals surface area contributed by atoms with Crippen LogP contribution in [0.25, 0.3) is 0 Å². The van der Waals surface area contributed by atoms with E-state index in [1.165, 1.54) is 0 Å². The summed E-state index contributed by atoms with van der Waals surface area (Å²) < 4.78 is 0. The molecule has 1 N–H and O–H groups in total. The zero-order valence-corrected chi connectivity index (χ0v) is 8.92. The van der Waals surface area contributed by atoms with Crippen molar-refractivity contribution in [1.29, 1.82) is 0 Å². The maximum atomic E-state index is 10.8. The van der Waals surface area contributed by atoms with Crippen LogP contribution in [0.1, 0.15) is 17.0 Å². The van der Waals surface area contributed by atoms with Gasteiger partial charge in [-0.25, -0.2) is 14.8 Å². The molecular formula is C10H12N4O2. The van der Waals surface area contributed by atoms with E-state index in [1.807, 2.05) is 7.05 Å². The topological polar surface area (TPSA) is 69.6 Å². The van der Waals surface area contributed by atoms with E-state index in [-0.39, 0.29) is 5.82 Å². The van der Waals surface area contributed by atoms with E-state index in [2.05, 4.69) is 19.8 Å². The van der Waals surface area contributed by atoms with E-state index in [4.69, 9.17) is 5.11 Å². The van der Waals surface area contributed by atoms with E-state index in [1.54, 1.807) is 6.20 Å². The summed E-state index contributed by atoms with van der Waals surface area (Å²) >= 11 is 0. The van der Waals surface area contributed by atoms with Crippen LogP contribution in [0.15, 0.2) is 6.20 Å². The van der Waals surface area contributed by atoms with E-state index in [0.717, 1.165) is 31.0 Å². The van der Waals surface area contributed by atoms with Crippen molar-refractivity contribution >= 4 is 17.5 Å². The number of carboxylic acid groups (broad SMARTS) is 1. The van der Waals surface area contributed by atoms with Crippen molar-refractivity contribution in [3.8, 4) is 0 Å². The minimum atomic E-state index is -1.08. The molecule has 0 aromatic carbocycles. The first-order valence-corrected chi connectivity index (χ1v) is 5.25. The van der Waals surface area contributed by atoms with E-state index in [9.17, 15) is 4.79 Å². The van der Waals surface area contributed by atoms with Crippen LogP contribution in [0.4, 0.5) is 11.5 Å². The maximum absolute atomic E-state index is 10.8. The summed E-state index contributed by atoms with van der Waals surface area (Å²) in [6, 6.07) is 0.448. The molecule has 0 spiro atoms. The molecule has 0 saturated carbocycles. The van der Waals surface area contributed by atoms with Crippen molar-refractivity contribution in [1.82, 2.24) is 9.97 Å². The molecule has 16 heavy (non-hydrogen) atoms. The van der Waals surface area contributed by atoms with Crippen LogP contribution in [0, 0.1) is 0 Å². The lowest BCUT2D eigenvalue weighted by atomic mass is 10.2. The Morgan fingerprint density at radius 1 is 1.62 bits per heavy atom. The van der Waals surface area contributed by atoms with Gasteiger partial charge in [-0.1, -0.05) is 0 Å². The summed E-state index contributed by atoms with van der Waals surface area (Å²) in [4.78, 5) is 23.1. The predicted molar refractivity (Wildman–Crippen MR) is 58.0 cm³/mol. The lowest BCUT2D eigenvalue weighted by molar-refractivity contribution is 0.0683. The summed E-state index contributed by atoms with van der Waals surface area (Å²) in [5.41, 5.74) is 0.946. The summed E-state index contributed by atoms with van der Waals surface area (Å²) in [7, 11) is 1.96. The van der Waals surface area contributed by atoms with E-state index >= 15 is 0 Å². The lowest BCUT2D eigenvalue weighted by Crippen LogP contribution is -2.40. The Morgan fingerprint density at radius 3 is 3.19 bits per heavy atom. The third-order valence-electron chi connectivity index (χ3n) is 3.33. The van der Waals surface area contributed by atoms with E-state index < -0.39 is 5.97 Å². The molecule has 3 heterocycles. The van der Waals surface area contributed by atoms with E-state index in [0.29, 0.717) is 6.04 Å². The third kappa shape index (κ3) is 1.16. The minimum Gasteiger partial charge on any atom is -0.475 e. The molecule has 0 amide bonds. The highest BCUT2D eigenvalue weighted by Gasteiger charge is 2.35. The summed E-state index contributed by atoms with van der Waals surface area (Å²) in [5.74, 6) is -0.474. The standard InChI is InChI=1S/C10H12N4O2/c1-13-6-2-3-14(5-6)7-4-11-8(10(15)16)12-9(7)13/h4,6H,2-3,5H2,1H3,(H,15,16). The molecule has 2 aliphatic rings. The molecule has 2 bridgehead atoms. The van der Waals surface area contributed by atoms with Gasteiger partial charge in [0.2, 0.25) is 5.82 Å². The average Bonchev–Trinajstić information content (AvgIpc) is 2.71. The molecule has 2 aliphatic heterocycles. The second kappa shape index (κ2) is 3.07. The van der Waals surface area contributed by atoms with Gasteiger partial charge < -0.3 is 14.9 Å². The molecule has 1 atom stereocenters. The molecule has 6 heteroatoms. The lowest BCUT2D eigenvalue weighted by Gasteiger charge is -2.34. The number of rotatable bonds is 1. The van der Waals surface area contributed by atoms with Gasteiger partial charge in [0, 0.05) is 26.2 Å². The molecule has 1 fully saturated rings. The molecule has 1 saturated heterocycles. The molecule has 3 rings (SSSR count). The third-order valence-corrected chi connectivity index (χ3v) is 3.33. The highest BCUT2D eigenvalue weighted by Crippen LogP contribution is 2.36. The fourth-order valence-corrected chi connectivity index (χ4v) is 2.40. The number of aromatic nitrogens is 2. The Morgan fingerprint density at radius 2 is 2.44 bits per heavy atom. The van der Waals surface area contributed by atoms with Crippen molar-refractivity contribution < 1.29 is 9.90 Å². The first kappa shape index (κ1) is 9.38. The van der Waals surface area contributed by atoms with Crippen LogP contribution in [-0.4, -0.2) is 47.2 Å². The number of aromatic carboxylic acids is 1. The quantitative estimate of drug-likeness (QED) is 0.729. The van der Waals surface area contributed by atoms with Crippen molar-refractivity contribution in [3.63, 3.8) is 0 Å². The fourth-order valence-electron chi connectivity index (χ4n) is 2.40. The number of carboxylic acids is 1. The van der Waals surface area contributed by atoms with Gasteiger partial charge in [-0.3, -0.25) is 0 Å². The van der Waals surface area contributed by atoms with Gasteiger partial charge in [0.1, 0.15) is 0 Å². The number of hydrogen-bond donors (Lipinski definition) is 1. The van der Waals surface area contributed by atoms with Gasteiger partial charge in [0.25, 0.3) is 0 Å². The van der Waals surface area contributed by atoms with Crippen molar-refractivity contribution in [3.05, 3.63) is 12.0 Å². The van der Waals surface area contributed by atoms with Crippen LogP contribution in [0.5, 0.6) is 0 Å². The smallest absolute Gasteiger partial charge is 0.374 e. The second-order valence-electron chi connectivity index (χ2n) is 4.21. The van der Waals surface area contributed by atoms with Crippen molar-refractivity contribution in [2.24, 2.45) is 0 Å². The molecule has 0 aliphatic carbocycles. The Bertz CT molecular complexity index is 462. The molecule has 1 unspecified atom stereocenters. The van der Waals surface area contributed by atoms with Crippen molar-refractivity contribution in [2.45, 2.75) is 12.5 Å². The van der Waals surface area contributed by atoms with Gasteiger partial charge in [-0.15, -0.1) is 0 Å². The molecule has 6 nitrogen and oxygen atoms in total. The van der Waals surface area contributed by atoms with Gasteiger partial charge in [0.15, 0.2) is 5.82 Å². The first-order chi connectivity index (χ1) is 7.66. The van der Waals surface area contributed by atoms with Gasteiger partial charge in [-0.2, -0.15) is 0 Å². The first-order valence-electron chi connectivity index (χ1n) is 5.25. The monoisotopic (exact) mass is 220 g/mol. The summed E-state index contributed by atoms with van der Waals surface area (Å²) in [6.45, 7) is 1.98. The number of hydrogen-bond acceptors (Lipinski definition) is 5. The van der Waals surface area contributed by atoms with Gasteiger partial charge in [-0.05, 0) is 6.42 Å². The Labute approximate surface area is 92.5 Å². The zero-order valence-electron chi connectivity index (χ0n) is 8.92. The average molecular weight is 220 g/mol. The minimum absolute atomic E-state index is 0.131. The molecular weight excluding hydrogens is 208 g/mol. The maximum Gasteiger partial charge on any atom is 0.374 e. The number of anilines is 2. The van der Waals surface area contributed by atoms with Crippen LogP contribution >= 0.6 is 0 Å². The zero-order chi connectivity index (χ0) is 11.3. The fraction of sp³-hybridized carbons (Fsp3) is 0.500. The van der Waals surface area contributed by atoms with Crippen molar-refractivity contribution in [2.75, 3.05) is 29.9 Å².